The molecule has 0 aromatic rings. The number of rotatable bonds is 9. The summed E-state index contributed by atoms with van der Waals surface area (Å²) >= 11 is 0. The largest absolute Gasteiger partial charge is 0.444 e. The summed E-state index contributed by atoms with van der Waals surface area (Å²) in [5.74, 6) is -0.701. The number of hydrogen-bond donors (Lipinski definition) is 6. The van der Waals surface area contributed by atoms with Crippen LogP contribution in [0.4, 0.5) is 4.79 Å². The molecule has 0 atom stereocenters. The molecule has 0 aliphatic heterocycles. The molecule has 0 saturated heterocycles. The Morgan fingerprint density at radius 1 is 0.958 bits per heavy atom. The summed E-state index contributed by atoms with van der Waals surface area (Å²) in [7, 11) is 0. The van der Waals surface area contributed by atoms with Crippen LogP contribution in [0.25, 0.3) is 0 Å². The van der Waals surface area contributed by atoms with Gasteiger partial charge in [0.2, 0.25) is 0 Å². The zero-order valence-corrected chi connectivity index (χ0v) is 15.5. The number of carbonyl (C=O) groups is 2. The lowest BCUT2D eigenvalue weighted by atomic mass is 10.2. The zero-order chi connectivity index (χ0) is 19.2. The Morgan fingerprint density at radius 2 is 1.42 bits per heavy atom. The molecular weight excluding hydrogens is 312 g/mol. The van der Waals surface area contributed by atoms with Crippen molar-refractivity contribution >= 4 is 12.0 Å². The number of nitrogens with one attached hydrogen (secondary N) is 2. The molecule has 0 rings (SSSR count). The summed E-state index contributed by atoms with van der Waals surface area (Å²) in [5, 5.41) is 6.02. The second kappa shape index (κ2) is 12.9. The molecule has 0 unspecified atom stereocenters. The fourth-order valence-electron chi connectivity index (χ4n) is 1.23. The highest BCUT2D eigenvalue weighted by Gasteiger charge is 2.17. The summed E-state index contributed by atoms with van der Waals surface area (Å²) in [6.07, 6.45) is 2.67. The van der Waals surface area contributed by atoms with Crippen molar-refractivity contribution in [2.45, 2.75) is 58.2 Å². The average Bonchev–Trinajstić information content (AvgIpc) is 2.39. The summed E-state index contributed by atoms with van der Waals surface area (Å²) in [6, 6.07) is 0. The quantitative estimate of drug-likeness (QED) is 0.237. The van der Waals surface area contributed by atoms with Crippen molar-refractivity contribution in [1.29, 1.82) is 0 Å². The van der Waals surface area contributed by atoms with Crippen LogP contribution in [0.3, 0.4) is 0 Å². The van der Waals surface area contributed by atoms with Crippen molar-refractivity contribution in [3.05, 3.63) is 0 Å². The van der Waals surface area contributed by atoms with Gasteiger partial charge < -0.3 is 38.3 Å². The molecule has 0 aliphatic rings. The van der Waals surface area contributed by atoms with Crippen molar-refractivity contribution in [2.24, 2.45) is 22.9 Å². The second-order valence-electron chi connectivity index (χ2n) is 6.67. The van der Waals surface area contributed by atoms with E-state index in [1.54, 1.807) is 0 Å². The topological polar surface area (TPSA) is 172 Å². The van der Waals surface area contributed by atoms with Crippen LogP contribution in [0.5, 0.6) is 0 Å². The highest BCUT2D eigenvalue weighted by Crippen LogP contribution is 2.06. The van der Waals surface area contributed by atoms with Gasteiger partial charge in [-0.25, -0.2) is 4.79 Å². The van der Waals surface area contributed by atoms with Crippen LogP contribution in [0.1, 0.15) is 47.0 Å². The first kappa shape index (κ1) is 24.8. The van der Waals surface area contributed by atoms with E-state index in [0.29, 0.717) is 6.54 Å². The minimum absolute atomic E-state index is 0.339. The zero-order valence-electron chi connectivity index (χ0n) is 15.5. The monoisotopic (exact) mass is 348 g/mol. The van der Waals surface area contributed by atoms with E-state index < -0.39 is 17.2 Å². The number of alkyl carbamates (subject to hydrolysis) is 1. The van der Waals surface area contributed by atoms with Gasteiger partial charge in [-0.15, -0.1) is 0 Å². The van der Waals surface area contributed by atoms with E-state index in [9.17, 15) is 9.59 Å². The van der Waals surface area contributed by atoms with Gasteiger partial charge in [0.1, 0.15) is 11.3 Å². The van der Waals surface area contributed by atoms with Crippen molar-refractivity contribution in [3.8, 4) is 0 Å². The normalized spacial score (nSPS) is 11.3. The maximum absolute atomic E-state index is 11.3. The van der Waals surface area contributed by atoms with Gasteiger partial charge in [0, 0.05) is 6.54 Å². The number of unbranched alkanes of at least 4 members (excludes halogenated alkanes) is 1. The first-order valence-electron chi connectivity index (χ1n) is 8.15. The van der Waals surface area contributed by atoms with Crippen LogP contribution in [-0.4, -0.2) is 49.4 Å². The molecule has 2 amide bonds. The molecule has 0 aliphatic carbocycles. The smallest absolute Gasteiger partial charge is 0.407 e. The molecule has 0 aromatic carbocycles. The molecule has 0 saturated carbocycles. The van der Waals surface area contributed by atoms with E-state index in [0.717, 1.165) is 38.9 Å². The van der Waals surface area contributed by atoms with Crippen LogP contribution < -0.4 is 33.6 Å². The van der Waals surface area contributed by atoms with Gasteiger partial charge >= 0.3 is 6.09 Å². The van der Waals surface area contributed by atoms with Gasteiger partial charge in [-0.1, -0.05) is 0 Å². The highest BCUT2D eigenvalue weighted by molar-refractivity contribution is 5.82. The van der Waals surface area contributed by atoms with E-state index in [1.165, 1.54) is 6.92 Å². The van der Waals surface area contributed by atoms with Crippen molar-refractivity contribution in [1.82, 2.24) is 10.6 Å². The van der Waals surface area contributed by atoms with Gasteiger partial charge in [-0.05, 0) is 66.6 Å². The summed E-state index contributed by atoms with van der Waals surface area (Å²) in [5.41, 5.74) is 18.2. The molecule has 9 heteroatoms. The minimum atomic E-state index is -1.36. The van der Waals surface area contributed by atoms with Gasteiger partial charge in [0.25, 0.3) is 5.91 Å². The first-order chi connectivity index (χ1) is 10.9. The van der Waals surface area contributed by atoms with Gasteiger partial charge in [-0.3, -0.25) is 4.79 Å². The molecule has 0 aromatic heterocycles. The number of amides is 2. The Kier molecular flexibility index (Phi) is 13.4. The number of ether oxygens (including phenoxy) is 1. The minimum Gasteiger partial charge on any atom is -0.444 e. The Morgan fingerprint density at radius 3 is 1.83 bits per heavy atom. The Hall–Kier alpha value is -1.42. The van der Waals surface area contributed by atoms with Crippen molar-refractivity contribution in [2.75, 3.05) is 26.2 Å². The van der Waals surface area contributed by atoms with Crippen molar-refractivity contribution < 1.29 is 14.3 Å². The van der Waals surface area contributed by atoms with Crippen molar-refractivity contribution in [3.63, 3.8) is 0 Å². The molecule has 9 nitrogen and oxygen atoms in total. The van der Waals surface area contributed by atoms with Crippen LogP contribution >= 0.6 is 0 Å². The molecule has 10 N–H and O–H groups in total. The summed E-state index contributed by atoms with van der Waals surface area (Å²) in [6.45, 7) is 10.2. The van der Waals surface area contributed by atoms with E-state index >= 15 is 0 Å². The van der Waals surface area contributed by atoms with Gasteiger partial charge in [0.05, 0.1) is 0 Å². The predicted molar refractivity (Wildman–Crippen MR) is 96.0 cm³/mol. The molecule has 0 spiro atoms. The van der Waals surface area contributed by atoms with E-state index in [-0.39, 0.29) is 6.09 Å². The standard InChI is InChI=1S/C12H27N3O2.C3H9N3O/c1-12(2,3)17-11(16)15-10-5-4-8-14-9-6-7-13;1-3(5,6)2(4)7/h14H,4-10,13H2,1-3H3,(H,15,16);5-6H2,1H3,(H2,4,7). The Labute approximate surface area is 145 Å². The lowest BCUT2D eigenvalue weighted by Crippen LogP contribution is -2.56. The Bertz CT molecular complexity index is 350. The number of hydrogen-bond acceptors (Lipinski definition) is 7. The Balaban J connectivity index is 0. The lowest BCUT2D eigenvalue weighted by Gasteiger charge is -2.19. The molecule has 144 valence electrons. The number of primary amides is 1. The van der Waals surface area contributed by atoms with Gasteiger partial charge in [-0.2, -0.15) is 0 Å². The maximum atomic E-state index is 11.3. The van der Waals surface area contributed by atoms with Gasteiger partial charge in [0.15, 0.2) is 0 Å². The molecular formula is C15H36N6O3. The molecule has 0 radical (unpaired) electrons. The fraction of sp³-hybridized carbons (Fsp3) is 0.867. The molecule has 0 fully saturated rings. The third-order valence-electron chi connectivity index (χ3n) is 2.54. The fourth-order valence-corrected chi connectivity index (χ4v) is 1.23. The third-order valence-corrected chi connectivity index (χ3v) is 2.54. The van der Waals surface area contributed by atoms with Crippen LogP contribution in [0.15, 0.2) is 0 Å². The molecule has 24 heavy (non-hydrogen) atoms. The van der Waals surface area contributed by atoms with E-state index in [2.05, 4.69) is 16.4 Å². The van der Waals surface area contributed by atoms with Crippen LogP contribution in [-0.2, 0) is 9.53 Å². The van der Waals surface area contributed by atoms with E-state index in [1.807, 2.05) is 20.8 Å². The van der Waals surface area contributed by atoms with Crippen LogP contribution in [0.2, 0.25) is 0 Å². The maximum Gasteiger partial charge on any atom is 0.407 e. The highest BCUT2D eigenvalue weighted by atomic mass is 16.6. The molecule has 0 bridgehead atoms. The average molecular weight is 348 g/mol. The first-order valence-corrected chi connectivity index (χ1v) is 8.15. The SMILES string of the molecule is CC(C)(C)OC(=O)NCCCCNCCCN.CC(N)(N)C(N)=O. The van der Waals surface area contributed by atoms with Crippen LogP contribution in [0, 0.1) is 0 Å². The van der Waals surface area contributed by atoms with E-state index in [4.69, 9.17) is 21.9 Å². The molecule has 0 heterocycles. The summed E-state index contributed by atoms with van der Waals surface area (Å²) < 4.78 is 5.12. The number of carbonyl (C=O) groups excluding carboxylic acids is 2. The summed E-state index contributed by atoms with van der Waals surface area (Å²) in [4.78, 5) is 21.3. The predicted octanol–water partition coefficient (Wildman–Crippen LogP) is -0.665. The lowest BCUT2D eigenvalue weighted by molar-refractivity contribution is -0.122. The second-order valence-corrected chi connectivity index (χ2v) is 6.67. The number of nitrogens with two attached hydrogens (primary N) is 4. The third kappa shape index (κ3) is 20.6.